The highest BCUT2D eigenvalue weighted by Gasteiger charge is 2.30. The Morgan fingerprint density at radius 1 is 1.15 bits per heavy atom. The molecule has 1 fully saturated rings. The quantitative estimate of drug-likeness (QED) is 0.818. The number of benzene rings is 1. The fourth-order valence-electron chi connectivity index (χ4n) is 3.97. The second kappa shape index (κ2) is 8.55. The molecule has 0 radical (unpaired) electrons. The molecule has 0 spiro atoms. The second-order valence-electron chi connectivity index (χ2n) is 8.10. The highest BCUT2D eigenvalue weighted by atomic mass is 16.5. The van der Waals surface area contributed by atoms with Gasteiger partial charge >= 0.3 is 0 Å². The number of rotatable bonds is 6. The predicted octanol–water partition coefficient (Wildman–Crippen LogP) is 3.11. The summed E-state index contributed by atoms with van der Waals surface area (Å²) < 4.78 is 8.07. The molecule has 1 saturated heterocycles. The molecular weight excluding hydrogens is 340 g/mol. The Kier molecular flexibility index (Phi) is 6.35. The second-order valence-corrected chi connectivity index (χ2v) is 8.10. The number of hydrogen-bond acceptors (Lipinski definition) is 4. The summed E-state index contributed by atoms with van der Waals surface area (Å²) in [7, 11) is 0. The minimum Gasteiger partial charge on any atom is -0.394 e. The zero-order valence-corrected chi connectivity index (χ0v) is 16.9. The van der Waals surface area contributed by atoms with E-state index in [0.717, 1.165) is 12.1 Å². The predicted molar refractivity (Wildman–Crippen MR) is 106 cm³/mol. The van der Waals surface area contributed by atoms with Crippen LogP contribution >= 0.6 is 0 Å². The molecule has 0 unspecified atom stereocenters. The van der Waals surface area contributed by atoms with E-state index in [0.29, 0.717) is 25.3 Å². The molecule has 148 valence electrons. The lowest BCUT2D eigenvalue weighted by molar-refractivity contribution is -0.111. The van der Waals surface area contributed by atoms with Gasteiger partial charge in [0.15, 0.2) is 0 Å². The van der Waals surface area contributed by atoms with Crippen LogP contribution in [0.15, 0.2) is 24.3 Å². The Hall–Kier alpha value is -1.69. The SMILES string of the molecule is Cc1ccc(Cc2c(C[C@H]3C[C@@H](O)C[C@@H](CO)O3)nn(C(C)C)c2C)cc1. The minimum absolute atomic E-state index is 0.0523. The summed E-state index contributed by atoms with van der Waals surface area (Å²) in [6, 6.07) is 8.92. The van der Waals surface area contributed by atoms with Crippen molar-refractivity contribution >= 4 is 0 Å². The van der Waals surface area contributed by atoms with Crippen LogP contribution in [-0.2, 0) is 17.6 Å². The van der Waals surface area contributed by atoms with E-state index in [4.69, 9.17) is 9.84 Å². The molecular formula is C22H32N2O3. The largest absolute Gasteiger partial charge is 0.394 e. The average Bonchev–Trinajstić information content (AvgIpc) is 2.92. The van der Waals surface area contributed by atoms with E-state index >= 15 is 0 Å². The summed E-state index contributed by atoms with van der Waals surface area (Å²) in [6.07, 6.45) is 1.78. The molecule has 0 amide bonds. The van der Waals surface area contributed by atoms with Crippen molar-refractivity contribution in [3.8, 4) is 0 Å². The molecule has 2 heterocycles. The van der Waals surface area contributed by atoms with Crippen molar-refractivity contribution in [2.45, 2.75) is 77.7 Å². The van der Waals surface area contributed by atoms with Crippen LogP contribution in [0.3, 0.4) is 0 Å². The third kappa shape index (κ3) is 4.78. The van der Waals surface area contributed by atoms with Gasteiger partial charge in [-0.15, -0.1) is 0 Å². The normalized spacial score (nSPS) is 23.1. The maximum Gasteiger partial charge on any atom is 0.0834 e. The third-order valence-corrected chi connectivity index (χ3v) is 5.43. The Morgan fingerprint density at radius 2 is 1.81 bits per heavy atom. The summed E-state index contributed by atoms with van der Waals surface area (Å²) in [5, 5.41) is 24.4. The number of ether oxygens (including phenoxy) is 1. The van der Waals surface area contributed by atoms with Crippen LogP contribution in [0.2, 0.25) is 0 Å². The maximum absolute atomic E-state index is 10.1. The van der Waals surface area contributed by atoms with Crippen LogP contribution in [0, 0.1) is 13.8 Å². The number of hydrogen-bond donors (Lipinski definition) is 2. The number of nitrogens with zero attached hydrogens (tertiary/aromatic N) is 2. The number of aliphatic hydroxyl groups is 2. The monoisotopic (exact) mass is 372 g/mol. The molecule has 0 bridgehead atoms. The molecule has 1 aliphatic heterocycles. The van der Waals surface area contributed by atoms with Crippen molar-refractivity contribution in [1.82, 2.24) is 9.78 Å². The highest BCUT2D eigenvalue weighted by Crippen LogP contribution is 2.27. The van der Waals surface area contributed by atoms with Crippen LogP contribution in [0.5, 0.6) is 0 Å². The third-order valence-electron chi connectivity index (χ3n) is 5.43. The van der Waals surface area contributed by atoms with Crippen LogP contribution in [0.25, 0.3) is 0 Å². The Bertz CT molecular complexity index is 752. The van der Waals surface area contributed by atoms with E-state index in [1.165, 1.54) is 22.4 Å². The van der Waals surface area contributed by atoms with Gasteiger partial charge in [-0.25, -0.2) is 0 Å². The lowest BCUT2D eigenvalue weighted by atomic mass is 9.95. The van der Waals surface area contributed by atoms with Gasteiger partial charge in [0, 0.05) is 36.6 Å². The first-order valence-corrected chi connectivity index (χ1v) is 9.94. The van der Waals surface area contributed by atoms with Gasteiger partial charge in [-0.3, -0.25) is 4.68 Å². The zero-order valence-electron chi connectivity index (χ0n) is 16.9. The lowest BCUT2D eigenvalue weighted by Crippen LogP contribution is -2.38. The number of aryl methyl sites for hydroxylation is 1. The standard InChI is InChI=1S/C22H32N2O3/c1-14(2)24-16(4)21(9-17-7-5-15(3)6-8-17)22(23-24)12-19-10-18(26)11-20(13-25)27-19/h5-8,14,18-20,25-26H,9-13H2,1-4H3/t18-,19-,20+/m1/s1. The first kappa shape index (κ1) is 20.1. The van der Waals surface area contributed by atoms with Gasteiger partial charge < -0.3 is 14.9 Å². The number of aromatic nitrogens is 2. The van der Waals surface area contributed by atoms with Crippen molar-refractivity contribution in [1.29, 1.82) is 0 Å². The van der Waals surface area contributed by atoms with Gasteiger partial charge in [0.1, 0.15) is 0 Å². The van der Waals surface area contributed by atoms with Crippen LogP contribution in [0.4, 0.5) is 0 Å². The van der Waals surface area contributed by atoms with Gasteiger partial charge in [-0.1, -0.05) is 29.8 Å². The van der Waals surface area contributed by atoms with Gasteiger partial charge in [0.2, 0.25) is 0 Å². The van der Waals surface area contributed by atoms with E-state index in [1.807, 2.05) is 0 Å². The van der Waals surface area contributed by atoms with E-state index in [-0.39, 0.29) is 18.8 Å². The molecule has 2 aromatic rings. The Labute approximate surface area is 162 Å². The number of aliphatic hydroxyl groups excluding tert-OH is 2. The molecule has 1 aromatic heterocycles. The first-order valence-electron chi connectivity index (χ1n) is 9.94. The van der Waals surface area contributed by atoms with Crippen molar-refractivity contribution in [2.75, 3.05) is 6.61 Å². The summed E-state index contributed by atoms with van der Waals surface area (Å²) in [6.45, 7) is 8.46. The molecule has 5 heteroatoms. The lowest BCUT2D eigenvalue weighted by Gasteiger charge is -2.32. The van der Waals surface area contributed by atoms with Crippen molar-refractivity contribution in [3.05, 3.63) is 52.3 Å². The zero-order chi connectivity index (χ0) is 19.6. The molecule has 5 nitrogen and oxygen atoms in total. The minimum atomic E-state index is -0.422. The summed E-state index contributed by atoms with van der Waals surface area (Å²) in [5.41, 5.74) is 6.00. The summed E-state index contributed by atoms with van der Waals surface area (Å²) in [5.74, 6) is 0. The molecule has 0 aliphatic carbocycles. The molecule has 3 atom stereocenters. The smallest absolute Gasteiger partial charge is 0.0834 e. The summed E-state index contributed by atoms with van der Waals surface area (Å²) in [4.78, 5) is 0. The van der Waals surface area contributed by atoms with E-state index in [1.54, 1.807) is 0 Å². The van der Waals surface area contributed by atoms with Crippen molar-refractivity contribution in [2.24, 2.45) is 0 Å². The highest BCUT2D eigenvalue weighted by molar-refractivity contribution is 5.34. The fraction of sp³-hybridized carbons (Fsp3) is 0.591. The van der Waals surface area contributed by atoms with Crippen LogP contribution in [0.1, 0.15) is 60.8 Å². The molecule has 0 saturated carbocycles. The topological polar surface area (TPSA) is 67.5 Å². The van der Waals surface area contributed by atoms with Crippen LogP contribution < -0.4 is 0 Å². The average molecular weight is 373 g/mol. The van der Waals surface area contributed by atoms with Gasteiger partial charge in [0.05, 0.1) is 30.6 Å². The van der Waals surface area contributed by atoms with Gasteiger partial charge in [0.25, 0.3) is 0 Å². The van der Waals surface area contributed by atoms with E-state index in [2.05, 4.69) is 56.6 Å². The molecule has 2 N–H and O–H groups in total. The van der Waals surface area contributed by atoms with Crippen molar-refractivity contribution < 1.29 is 14.9 Å². The molecule has 27 heavy (non-hydrogen) atoms. The van der Waals surface area contributed by atoms with Gasteiger partial charge in [-0.2, -0.15) is 5.10 Å². The van der Waals surface area contributed by atoms with E-state index < -0.39 is 6.10 Å². The first-order chi connectivity index (χ1) is 12.9. The molecule has 1 aliphatic rings. The van der Waals surface area contributed by atoms with Crippen molar-refractivity contribution in [3.63, 3.8) is 0 Å². The maximum atomic E-state index is 10.1. The Balaban J connectivity index is 1.86. The van der Waals surface area contributed by atoms with Crippen LogP contribution in [-0.4, -0.2) is 44.9 Å². The Morgan fingerprint density at radius 3 is 2.44 bits per heavy atom. The fourth-order valence-corrected chi connectivity index (χ4v) is 3.97. The van der Waals surface area contributed by atoms with E-state index in [9.17, 15) is 10.2 Å². The molecule has 1 aromatic carbocycles. The summed E-state index contributed by atoms with van der Waals surface area (Å²) >= 11 is 0. The molecule has 3 rings (SSSR count). The van der Waals surface area contributed by atoms with Gasteiger partial charge in [-0.05, 0) is 39.7 Å².